The maximum absolute atomic E-state index is 12.4. The number of hydrogen-bond donors (Lipinski definition) is 1. The molecular weight excluding hydrogens is 326 g/mol. The molecule has 2 atom stereocenters. The van der Waals surface area contributed by atoms with E-state index in [2.05, 4.69) is 10.3 Å². The molecule has 0 spiro atoms. The lowest BCUT2D eigenvalue weighted by Gasteiger charge is -2.26. The van der Waals surface area contributed by atoms with Crippen molar-refractivity contribution in [1.29, 1.82) is 0 Å². The summed E-state index contributed by atoms with van der Waals surface area (Å²) in [6.07, 6.45) is 3.19. The van der Waals surface area contributed by atoms with E-state index in [4.69, 9.17) is 16.3 Å². The average molecular weight is 348 g/mol. The number of rotatable bonds is 6. The second kappa shape index (κ2) is 8.66. The predicted octanol–water partition coefficient (Wildman–Crippen LogP) is 3.83. The van der Waals surface area contributed by atoms with Gasteiger partial charge in [0.25, 0.3) is 0 Å². The van der Waals surface area contributed by atoms with Gasteiger partial charge < -0.3 is 15.0 Å². The van der Waals surface area contributed by atoms with Crippen molar-refractivity contribution in [2.24, 2.45) is 0 Å². The summed E-state index contributed by atoms with van der Waals surface area (Å²) in [7, 11) is 3.38. The van der Waals surface area contributed by atoms with Crippen molar-refractivity contribution in [1.82, 2.24) is 15.2 Å². The normalized spacial score (nSPS) is 13.2. The van der Waals surface area contributed by atoms with Gasteiger partial charge in [-0.2, -0.15) is 0 Å². The number of urea groups is 1. The Morgan fingerprint density at radius 2 is 2.00 bits per heavy atom. The number of amides is 2. The second-order valence-electron chi connectivity index (χ2n) is 5.53. The van der Waals surface area contributed by atoms with Crippen LogP contribution in [-0.2, 0) is 4.74 Å². The van der Waals surface area contributed by atoms with Gasteiger partial charge in [0.1, 0.15) is 0 Å². The van der Waals surface area contributed by atoms with Crippen LogP contribution in [0.15, 0.2) is 48.8 Å². The number of nitrogens with zero attached hydrogens (tertiary/aromatic N) is 2. The minimum atomic E-state index is -0.253. The van der Waals surface area contributed by atoms with Gasteiger partial charge in [-0.3, -0.25) is 4.98 Å². The Balaban J connectivity index is 1.96. The van der Waals surface area contributed by atoms with Crippen LogP contribution < -0.4 is 5.32 Å². The molecule has 0 bridgehead atoms. The van der Waals surface area contributed by atoms with Gasteiger partial charge >= 0.3 is 6.03 Å². The first-order chi connectivity index (χ1) is 11.5. The summed E-state index contributed by atoms with van der Waals surface area (Å²) in [6.45, 7) is 2.34. The minimum Gasteiger partial charge on any atom is -0.375 e. The van der Waals surface area contributed by atoms with E-state index in [9.17, 15) is 4.79 Å². The van der Waals surface area contributed by atoms with Crippen LogP contribution in [0.1, 0.15) is 30.2 Å². The van der Waals surface area contributed by atoms with Crippen molar-refractivity contribution in [3.8, 4) is 0 Å². The first-order valence-electron chi connectivity index (χ1n) is 7.71. The molecule has 0 unspecified atom stereocenters. The van der Waals surface area contributed by atoms with Crippen molar-refractivity contribution < 1.29 is 9.53 Å². The molecule has 2 amide bonds. The number of pyridine rings is 1. The van der Waals surface area contributed by atoms with E-state index in [1.807, 2.05) is 37.3 Å². The quantitative estimate of drug-likeness (QED) is 0.864. The zero-order valence-corrected chi connectivity index (χ0v) is 14.8. The highest BCUT2D eigenvalue weighted by Crippen LogP contribution is 2.21. The molecule has 1 aromatic heterocycles. The molecule has 5 nitrogen and oxygen atoms in total. The van der Waals surface area contributed by atoms with Gasteiger partial charge in [-0.25, -0.2) is 4.79 Å². The monoisotopic (exact) mass is 347 g/mol. The summed E-state index contributed by atoms with van der Waals surface area (Å²) in [4.78, 5) is 18.0. The third-order valence-corrected chi connectivity index (χ3v) is 4.27. The van der Waals surface area contributed by atoms with Crippen LogP contribution in [-0.4, -0.2) is 36.6 Å². The molecule has 0 saturated heterocycles. The minimum absolute atomic E-state index is 0.0554. The lowest BCUT2D eigenvalue weighted by atomic mass is 10.1. The molecular formula is C18H22ClN3O2. The molecule has 128 valence electrons. The number of ether oxygens (including phenoxy) is 1. The fourth-order valence-electron chi connectivity index (χ4n) is 2.39. The highest BCUT2D eigenvalue weighted by Gasteiger charge is 2.19. The number of benzene rings is 1. The number of nitrogens with one attached hydrogen (secondary N) is 1. The Hall–Kier alpha value is -2.11. The number of hydrogen-bond acceptors (Lipinski definition) is 3. The number of carbonyl (C=O) groups excluding carboxylic acids is 1. The number of aromatic nitrogens is 1. The summed E-state index contributed by atoms with van der Waals surface area (Å²) in [5, 5.41) is 3.55. The summed E-state index contributed by atoms with van der Waals surface area (Å²) < 4.78 is 5.47. The number of halogens is 1. The van der Waals surface area contributed by atoms with Gasteiger partial charge in [0, 0.05) is 38.1 Å². The van der Waals surface area contributed by atoms with E-state index < -0.39 is 0 Å². The van der Waals surface area contributed by atoms with Gasteiger partial charge in [-0.15, -0.1) is 0 Å². The Morgan fingerprint density at radius 1 is 1.29 bits per heavy atom. The van der Waals surface area contributed by atoms with Crippen LogP contribution in [0.3, 0.4) is 0 Å². The lowest BCUT2D eigenvalue weighted by Crippen LogP contribution is -2.40. The molecule has 2 rings (SSSR count). The van der Waals surface area contributed by atoms with Crippen molar-refractivity contribution in [2.75, 3.05) is 20.7 Å². The van der Waals surface area contributed by atoms with Crippen LogP contribution in [0.5, 0.6) is 0 Å². The largest absolute Gasteiger partial charge is 0.375 e. The molecule has 6 heteroatoms. The molecule has 24 heavy (non-hydrogen) atoms. The summed E-state index contributed by atoms with van der Waals surface area (Å²) >= 11 is 6.01. The highest BCUT2D eigenvalue weighted by atomic mass is 35.5. The topological polar surface area (TPSA) is 54.5 Å². The molecule has 0 aliphatic carbocycles. The van der Waals surface area contributed by atoms with Gasteiger partial charge in [-0.1, -0.05) is 23.7 Å². The zero-order chi connectivity index (χ0) is 17.5. The van der Waals surface area contributed by atoms with Gasteiger partial charge in [0.15, 0.2) is 0 Å². The SMILES string of the molecule is CO[C@@H](CNC(=O)N(C)[C@H](C)c1ccncc1)c1cccc(Cl)c1. The van der Waals surface area contributed by atoms with Crippen LogP contribution >= 0.6 is 11.6 Å². The maximum atomic E-state index is 12.4. The summed E-state index contributed by atoms with van der Waals surface area (Å²) in [5.74, 6) is 0. The molecule has 0 saturated carbocycles. The Morgan fingerprint density at radius 3 is 2.62 bits per heavy atom. The van der Waals surface area contributed by atoms with Crippen LogP contribution in [0.4, 0.5) is 4.79 Å². The fourth-order valence-corrected chi connectivity index (χ4v) is 2.59. The molecule has 1 N–H and O–H groups in total. The van der Waals surface area contributed by atoms with E-state index in [0.29, 0.717) is 11.6 Å². The van der Waals surface area contributed by atoms with E-state index in [0.717, 1.165) is 11.1 Å². The molecule has 2 aromatic rings. The smallest absolute Gasteiger partial charge is 0.317 e. The van der Waals surface area contributed by atoms with Crippen LogP contribution in [0.2, 0.25) is 5.02 Å². The van der Waals surface area contributed by atoms with Crippen LogP contribution in [0, 0.1) is 0 Å². The number of carbonyl (C=O) groups is 1. The third-order valence-electron chi connectivity index (χ3n) is 4.03. The van der Waals surface area contributed by atoms with E-state index in [1.165, 1.54) is 0 Å². The van der Waals surface area contributed by atoms with Gasteiger partial charge in [-0.05, 0) is 42.3 Å². The highest BCUT2D eigenvalue weighted by molar-refractivity contribution is 6.30. The van der Waals surface area contributed by atoms with E-state index in [-0.39, 0.29) is 18.2 Å². The standard InChI is InChI=1S/C18H22ClN3O2/c1-13(14-7-9-20-10-8-14)22(2)18(23)21-12-17(24-3)15-5-4-6-16(19)11-15/h4-11,13,17H,12H2,1-3H3,(H,21,23)/t13-,17+/m1/s1. The molecule has 1 heterocycles. The van der Waals surface area contributed by atoms with E-state index in [1.54, 1.807) is 37.5 Å². The lowest BCUT2D eigenvalue weighted by molar-refractivity contribution is 0.101. The predicted molar refractivity (Wildman–Crippen MR) is 95.0 cm³/mol. The zero-order valence-electron chi connectivity index (χ0n) is 14.1. The van der Waals surface area contributed by atoms with Crippen molar-refractivity contribution in [3.63, 3.8) is 0 Å². The third kappa shape index (κ3) is 4.69. The second-order valence-corrected chi connectivity index (χ2v) is 5.97. The summed E-state index contributed by atoms with van der Waals surface area (Å²) in [5.41, 5.74) is 1.95. The average Bonchev–Trinajstić information content (AvgIpc) is 2.61. The molecule has 0 fully saturated rings. The summed E-state index contributed by atoms with van der Waals surface area (Å²) in [6, 6.07) is 11.0. The fraction of sp³-hybridized carbons (Fsp3) is 0.333. The van der Waals surface area contributed by atoms with Crippen molar-refractivity contribution in [2.45, 2.75) is 19.1 Å². The van der Waals surface area contributed by atoms with E-state index >= 15 is 0 Å². The molecule has 0 radical (unpaired) electrons. The Labute approximate surface area is 147 Å². The molecule has 1 aromatic carbocycles. The maximum Gasteiger partial charge on any atom is 0.317 e. The van der Waals surface area contributed by atoms with Gasteiger partial charge in [0.05, 0.1) is 12.1 Å². The molecule has 0 aliphatic heterocycles. The van der Waals surface area contributed by atoms with Crippen LogP contribution in [0.25, 0.3) is 0 Å². The van der Waals surface area contributed by atoms with Crippen molar-refractivity contribution >= 4 is 17.6 Å². The first kappa shape index (κ1) is 18.2. The van der Waals surface area contributed by atoms with Crippen molar-refractivity contribution in [3.05, 3.63) is 64.9 Å². The Kier molecular flexibility index (Phi) is 6.58. The first-order valence-corrected chi connectivity index (χ1v) is 8.09. The number of methoxy groups -OCH3 is 1. The Bertz CT molecular complexity index is 666. The molecule has 0 aliphatic rings. The van der Waals surface area contributed by atoms with Gasteiger partial charge in [0.2, 0.25) is 0 Å².